The van der Waals surface area contributed by atoms with Crippen LogP contribution in [0.1, 0.15) is 51.5 Å². The topological polar surface area (TPSA) is 112 Å². The maximum Gasteiger partial charge on any atom is 0.280 e. The van der Waals surface area contributed by atoms with Gasteiger partial charge in [0, 0.05) is 37.3 Å². The maximum atomic E-state index is 13.0. The number of amides is 3. The first kappa shape index (κ1) is 23.3. The molecule has 1 aliphatic carbocycles. The van der Waals surface area contributed by atoms with Crippen LogP contribution >= 0.6 is 11.6 Å². The summed E-state index contributed by atoms with van der Waals surface area (Å²) in [7, 11) is 0. The lowest BCUT2D eigenvalue weighted by atomic mass is 10.0. The Morgan fingerprint density at radius 3 is 2.66 bits per heavy atom. The van der Waals surface area contributed by atoms with Crippen LogP contribution in [-0.2, 0) is 9.53 Å². The number of rotatable bonds is 5. The molecule has 1 saturated carbocycles. The van der Waals surface area contributed by atoms with Crippen LogP contribution in [0, 0.1) is 0 Å². The summed E-state index contributed by atoms with van der Waals surface area (Å²) < 4.78 is 5.34. The lowest BCUT2D eigenvalue weighted by Crippen LogP contribution is -2.48. The highest BCUT2D eigenvalue weighted by Crippen LogP contribution is 2.45. The van der Waals surface area contributed by atoms with Crippen molar-refractivity contribution in [3.8, 4) is 0 Å². The van der Waals surface area contributed by atoms with Crippen molar-refractivity contribution in [1.82, 2.24) is 15.5 Å². The number of morpholine rings is 1. The predicted molar refractivity (Wildman–Crippen MR) is 132 cm³/mol. The van der Waals surface area contributed by atoms with Crippen LogP contribution in [-0.4, -0.2) is 61.4 Å². The highest BCUT2D eigenvalue weighted by atomic mass is 35.5. The van der Waals surface area contributed by atoms with Gasteiger partial charge >= 0.3 is 0 Å². The third kappa shape index (κ3) is 5.31. The molecule has 0 radical (unpaired) electrons. The van der Waals surface area contributed by atoms with Crippen molar-refractivity contribution in [3.05, 3.63) is 58.1 Å². The molecule has 35 heavy (non-hydrogen) atoms. The number of hydrogen-bond donors (Lipinski definition) is 3. The number of guanidine groups is 1. The maximum absolute atomic E-state index is 13.0. The molecule has 3 aliphatic rings. The molecule has 0 atom stereocenters. The van der Waals surface area contributed by atoms with Gasteiger partial charge in [-0.2, -0.15) is 4.99 Å². The third-order valence-electron chi connectivity index (χ3n) is 6.23. The van der Waals surface area contributed by atoms with Gasteiger partial charge in [-0.15, -0.1) is 0 Å². The molecule has 2 aromatic rings. The molecule has 182 valence electrons. The highest BCUT2D eigenvalue weighted by Gasteiger charge is 2.28. The zero-order valence-corrected chi connectivity index (χ0v) is 19.9. The zero-order valence-electron chi connectivity index (χ0n) is 19.1. The van der Waals surface area contributed by atoms with Crippen LogP contribution in [0.2, 0.25) is 5.02 Å². The summed E-state index contributed by atoms with van der Waals surface area (Å²) in [5, 5.41) is 9.22. The third-order valence-corrected chi connectivity index (χ3v) is 6.64. The van der Waals surface area contributed by atoms with Crippen LogP contribution in [0.5, 0.6) is 0 Å². The highest BCUT2D eigenvalue weighted by molar-refractivity contribution is 6.36. The number of halogens is 1. The van der Waals surface area contributed by atoms with Crippen molar-refractivity contribution >= 4 is 46.7 Å². The number of hydrogen-bond acceptors (Lipinski definition) is 5. The monoisotopic (exact) mass is 495 g/mol. The molecule has 9 nitrogen and oxygen atoms in total. The zero-order chi connectivity index (χ0) is 24.4. The fourth-order valence-electron chi connectivity index (χ4n) is 4.18. The number of ether oxygens (including phenoxy) is 1. The van der Waals surface area contributed by atoms with E-state index in [0.717, 1.165) is 24.1 Å². The first-order chi connectivity index (χ1) is 17.0. The fraction of sp³-hybridized carbons (Fsp3) is 0.360. The molecule has 2 saturated heterocycles. The second-order valence-electron chi connectivity index (χ2n) is 8.76. The van der Waals surface area contributed by atoms with Crippen LogP contribution in [0.3, 0.4) is 0 Å². The minimum atomic E-state index is -0.431. The number of benzene rings is 2. The van der Waals surface area contributed by atoms with Crippen LogP contribution in [0.15, 0.2) is 41.4 Å². The molecule has 0 unspecified atom stereocenters. The average molecular weight is 496 g/mol. The lowest BCUT2D eigenvalue weighted by molar-refractivity contribution is -0.120. The van der Waals surface area contributed by atoms with Gasteiger partial charge < -0.3 is 20.3 Å². The van der Waals surface area contributed by atoms with Gasteiger partial charge in [0.05, 0.1) is 29.5 Å². The Labute approximate surface area is 207 Å². The van der Waals surface area contributed by atoms with Crippen molar-refractivity contribution in [1.29, 1.82) is 0 Å². The summed E-state index contributed by atoms with van der Waals surface area (Å²) in [6.07, 6.45) is 2.41. The Bertz CT molecular complexity index is 1200. The largest absolute Gasteiger partial charge is 0.378 e. The Hall–Kier alpha value is -3.43. The van der Waals surface area contributed by atoms with Gasteiger partial charge in [-0.05, 0) is 54.7 Å². The minimum absolute atomic E-state index is 0.118. The van der Waals surface area contributed by atoms with Crippen LogP contribution in [0.25, 0.3) is 0 Å². The summed E-state index contributed by atoms with van der Waals surface area (Å²) in [6.45, 7) is 2.56. The van der Waals surface area contributed by atoms with Crippen LogP contribution < -0.4 is 16.0 Å². The van der Waals surface area contributed by atoms with Gasteiger partial charge in [-0.3, -0.25) is 19.7 Å². The molecular formula is C25H26ClN5O4. The Kier molecular flexibility index (Phi) is 6.70. The molecule has 3 amide bonds. The molecule has 10 heteroatoms. The summed E-state index contributed by atoms with van der Waals surface area (Å²) in [4.78, 5) is 43.0. The number of carbonyl (C=O) groups excluding carboxylic acids is 3. The predicted octanol–water partition coefficient (Wildman–Crippen LogP) is 3.04. The van der Waals surface area contributed by atoms with Crippen molar-refractivity contribution in [2.75, 3.05) is 38.2 Å². The van der Waals surface area contributed by atoms with E-state index in [9.17, 15) is 14.4 Å². The van der Waals surface area contributed by atoms with E-state index in [4.69, 9.17) is 16.3 Å². The summed E-state index contributed by atoms with van der Waals surface area (Å²) in [6, 6.07) is 10.7. The minimum Gasteiger partial charge on any atom is -0.378 e. The van der Waals surface area contributed by atoms with Gasteiger partial charge in [-0.1, -0.05) is 17.7 Å². The van der Waals surface area contributed by atoms with E-state index >= 15 is 0 Å². The van der Waals surface area contributed by atoms with Crippen molar-refractivity contribution in [2.24, 2.45) is 4.99 Å². The van der Waals surface area contributed by atoms with Gasteiger partial charge in [0.15, 0.2) is 0 Å². The van der Waals surface area contributed by atoms with E-state index in [0.29, 0.717) is 67.0 Å². The molecule has 2 aromatic carbocycles. The Morgan fingerprint density at radius 1 is 1.11 bits per heavy atom. The van der Waals surface area contributed by atoms with Crippen molar-refractivity contribution in [2.45, 2.75) is 25.2 Å². The molecule has 0 aromatic heterocycles. The number of nitrogens with zero attached hydrogens (tertiary/aromatic N) is 2. The average Bonchev–Trinajstić information content (AvgIpc) is 3.71. The molecule has 0 spiro atoms. The molecule has 5 rings (SSSR count). The SMILES string of the molecule is O=C1CCN/C(=N\C(=O)c2ccc(Nc3cccc(C(=O)N4CCOCC4)c3Cl)c(C3CC3)c2)N1. The van der Waals surface area contributed by atoms with E-state index in [1.165, 1.54) is 0 Å². The van der Waals surface area contributed by atoms with E-state index in [-0.39, 0.29) is 17.8 Å². The van der Waals surface area contributed by atoms with E-state index in [2.05, 4.69) is 20.9 Å². The number of nitrogens with one attached hydrogen (secondary N) is 3. The van der Waals surface area contributed by atoms with Gasteiger partial charge in [0.1, 0.15) is 0 Å². The molecule has 2 aliphatic heterocycles. The summed E-state index contributed by atoms with van der Waals surface area (Å²) in [5.41, 5.74) is 3.34. The van der Waals surface area contributed by atoms with Crippen molar-refractivity contribution < 1.29 is 19.1 Å². The fourth-order valence-corrected chi connectivity index (χ4v) is 4.44. The Morgan fingerprint density at radius 2 is 1.91 bits per heavy atom. The molecule has 0 bridgehead atoms. The normalized spacial score (nSPS) is 19.2. The van der Waals surface area contributed by atoms with Gasteiger partial charge in [0.2, 0.25) is 11.9 Å². The van der Waals surface area contributed by atoms with E-state index in [1.54, 1.807) is 23.1 Å². The molecule has 3 fully saturated rings. The van der Waals surface area contributed by atoms with Gasteiger partial charge in [0.25, 0.3) is 11.8 Å². The van der Waals surface area contributed by atoms with Gasteiger partial charge in [-0.25, -0.2) is 0 Å². The lowest BCUT2D eigenvalue weighted by Gasteiger charge is -2.27. The van der Waals surface area contributed by atoms with Crippen LogP contribution in [0.4, 0.5) is 11.4 Å². The molecule has 3 N–H and O–H groups in total. The number of anilines is 2. The molecular weight excluding hydrogens is 470 g/mol. The van der Waals surface area contributed by atoms with E-state index in [1.807, 2.05) is 18.2 Å². The number of carbonyl (C=O) groups is 3. The molecule has 2 heterocycles. The second-order valence-corrected chi connectivity index (χ2v) is 9.14. The quantitative estimate of drug-likeness (QED) is 0.588. The van der Waals surface area contributed by atoms with E-state index < -0.39 is 5.91 Å². The first-order valence-corrected chi connectivity index (χ1v) is 12.1. The summed E-state index contributed by atoms with van der Waals surface area (Å²) in [5.74, 6) is -0.204. The second kappa shape index (κ2) is 10.1. The standard InChI is InChI=1S/C25H26ClN5O4/c26-22-17(24(34)31-10-12-35-13-11-31)2-1-3-20(22)28-19-7-6-16(14-18(19)15-4-5-15)23(33)30-25-27-9-8-21(32)29-25/h1-3,6-7,14-15,28H,4-5,8-13H2,(H2,27,29,30,32,33). The Balaban J connectivity index is 1.38. The smallest absolute Gasteiger partial charge is 0.280 e. The summed E-state index contributed by atoms with van der Waals surface area (Å²) >= 11 is 6.67. The first-order valence-electron chi connectivity index (χ1n) is 11.7. The number of aliphatic imine (C=N–C) groups is 1. The van der Waals surface area contributed by atoms with Crippen molar-refractivity contribution in [3.63, 3.8) is 0 Å².